The van der Waals surface area contributed by atoms with E-state index in [0.29, 0.717) is 6.61 Å². The van der Waals surface area contributed by atoms with Crippen molar-refractivity contribution in [2.45, 2.75) is 5.92 Å². The third-order valence-electron chi connectivity index (χ3n) is 3.87. The minimum absolute atomic E-state index is 0.0589. The summed E-state index contributed by atoms with van der Waals surface area (Å²) < 4.78 is 5.59. The van der Waals surface area contributed by atoms with E-state index >= 15 is 0 Å². The van der Waals surface area contributed by atoms with E-state index in [1.165, 1.54) is 11.3 Å². The van der Waals surface area contributed by atoms with Gasteiger partial charge in [0.1, 0.15) is 29.0 Å². The lowest BCUT2D eigenvalue weighted by Crippen LogP contribution is -2.22. The number of carbonyl (C=O) groups excluding carboxylic acids is 1. The summed E-state index contributed by atoms with van der Waals surface area (Å²) in [7, 11) is 0. The predicted octanol–water partition coefficient (Wildman–Crippen LogP) is 3.92. The predicted molar refractivity (Wildman–Crippen MR) is 90.9 cm³/mol. The average molecular weight is 322 g/mol. The third-order valence-corrected chi connectivity index (χ3v) is 4.61. The molecule has 4 rings (SSSR count). The van der Waals surface area contributed by atoms with Crippen LogP contribution in [0.3, 0.4) is 0 Å². The third kappa shape index (κ3) is 2.59. The molecule has 1 N–H and O–H groups in total. The highest BCUT2D eigenvalue weighted by molar-refractivity contribution is 7.14. The second-order valence-electron chi connectivity index (χ2n) is 5.29. The smallest absolute Gasteiger partial charge is 0.236 e. The molecule has 1 aromatic heterocycles. The van der Waals surface area contributed by atoms with E-state index in [0.717, 1.165) is 27.6 Å². The van der Waals surface area contributed by atoms with Crippen LogP contribution in [0.4, 0.5) is 5.00 Å². The van der Waals surface area contributed by atoms with Crippen LogP contribution in [-0.2, 0) is 4.79 Å². The van der Waals surface area contributed by atoms with Gasteiger partial charge in [-0.3, -0.25) is 4.79 Å². The summed E-state index contributed by atoms with van der Waals surface area (Å²) in [4.78, 5) is 17.0. The quantitative estimate of drug-likeness (QED) is 0.795. The monoisotopic (exact) mass is 322 g/mol. The Labute approximate surface area is 137 Å². The van der Waals surface area contributed by atoms with Gasteiger partial charge < -0.3 is 10.1 Å². The molecule has 0 saturated heterocycles. The zero-order chi connectivity index (χ0) is 15.6. The number of thiazole rings is 1. The van der Waals surface area contributed by atoms with Crippen LogP contribution >= 0.6 is 11.3 Å². The molecular formula is C18H14N2O2S. The first-order valence-corrected chi connectivity index (χ1v) is 8.22. The zero-order valence-electron chi connectivity index (χ0n) is 12.2. The Kier molecular flexibility index (Phi) is 3.55. The summed E-state index contributed by atoms with van der Waals surface area (Å²) in [5.41, 5.74) is 4.48. The van der Waals surface area contributed by atoms with Crippen LogP contribution < -0.4 is 10.1 Å². The molecule has 1 aliphatic rings. The van der Waals surface area contributed by atoms with Crippen molar-refractivity contribution in [2.75, 3.05) is 11.9 Å². The summed E-state index contributed by atoms with van der Waals surface area (Å²) in [6.45, 7) is 0.380. The van der Waals surface area contributed by atoms with Crippen molar-refractivity contribution in [1.82, 2.24) is 4.98 Å². The van der Waals surface area contributed by atoms with Crippen molar-refractivity contribution in [1.29, 1.82) is 0 Å². The molecule has 1 aliphatic heterocycles. The summed E-state index contributed by atoms with van der Waals surface area (Å²) in [5, 5.41) is 3.78. The molecule has 0 fully saturated rings. The van der Waals surface area contributed by atoms with Crippen molar-refractivity contribution >= 4 is 22.2 Å². The Balaban J connectivity index is 1.58. The number of hydrogen-bond acceptors (Lipinski definition) is 4. The standard InChI is InChI=1S/C18H14N2O2S/c21-17(14-10-22-15-9-5-4-8-13(14)15)20-18-16(19-11-23-18)12-6-2-1-3-7-12/h1-9,11,14H,10H2,(H,20,21). The first-order chi connectivity index (χ1) is 11.3. The van der Waals surface area contributed by atoms with Crippen LogP contribution in [0.1, 0.15) is 11.5 Å². The van der Waals surface area contributed by atoms with Gasteiger partial charge in [0.15, 0.2) is 0 Å². The van der Waals surface area contributed by atoms with Crippen LogP contribution in [0.5, 0.6) is 5.75 Å². The maximum absolute atomic E-state index is 12.6. The van der Waals surface area contributed by atoms with Crippen LogP contribution in [0.25, 0.3) is 11.3 Å². The van der Waals surface area contributed by atoms with Gasteiger partial charge in [0, 0.05) is 11.1 Å². The maximum atomic E-state index is 12.6. The molecule has 0 saturated carbocycles. The molecule has 2 heterocycles. The zero-order valence-corrected chi connectivity index (χ0v) is 13.0. The van der Waals surface area contributed by atoms with Gasteiger partial charge >= 0.3 is 0 Å². The fraction of sp³-hybridized carbons (Fsp3) is 0.111. The number of ether oxygens (including phenoxy) is 1. The minimum atomic E-state index is -0.281. The van der Waals surface area contributed by atoms with Crippen molar-refractivity contribution in [3.05, 3.63) is 65.7 Å². The van der Waals surface area contributed by atoms with Crippen molar-refractivity contribution in [3.8, 4) is 17.0 Å². The topological polar surface area (TPSA) is 51.2 Å². The molecule has 1 amide bonds. The van der Waals surface area contributed by atoms with Crippen LogP contribution in [-0.4, -0.2) is 17.5 Å². The minimum Gasteiger partial charge on any atom is -0.492 e. The largest absolute Gasteiger partial charge is 0.492 e. The average Bonchev–Trinajstić information content (AvgIpc) is 3.22. The Morgan fingerprint density at radius 3 is 2.78 bits per heavy atom. The first kappa shape index (κ1) is 14.0. The highest BCUT2D eigenvalue weighted by Crippen LogP contribution is 2.36. The number of rotatable bonds is 3. The highest BCUT2D eigenvalue weighted by Gasteiger charge is 2.30. The normalized spacial score (nSPS) is 15.7. The number of nitrogens with one attached hydrogen (secondary N) is 1. The number of hydrogen-bond donors (Lipinski definition) is 1. The Hall–Kier alpha value is -2.66. The van der Waals surface area contributed by atoms with E-state index in [1.54, 1.807) is 5.51 Å². The van der Waals surface area contributed by atoms with Crippen LogP contribution in [0.15, 0.2) is 60.1 Å². The van der Waals surface area contributed by atoms with E-state index in [9.17, 15) is 4.79 Å². The number of fused-ring (bicyclic) bond motifs is 1. The molecule has 2 aromatic carbocycles. The molecule has 5 heteroatoms. The van der Waals surface area contributed by atoms with Gasteiger partial charge in [0.05, 0.1) is 5.51 Å². The second kappa shape index (κ2) is 5.85. The molecule has 3 aromatic rings. The lowest BCUT2D eigenvalue weighted by molar-refractivity contribution is -0.117. The Morgan fingerprint density at radius 2 is 1.91 bits per heavy atom. The van der Waals surface area contributed by atoms with Crippen molar-refractivity contribution in [3.63, 3.8) is 0 Å². The van der Waals surface area contributed by atoms with Gasteiger partial charge in [0.25, 0.3) is 0 Å². The number of carbonyl (C=O) groups is 1. The number of amides is 1. The van der Waals surface area contributed by atoms with Crippen molar-refractivity contribution < 1.29 is 9.53 Å². The molecule has 1 unspecified atom stereocenters. The van der Waals surface area contributed by atoms with Gasteiger partial charge in [0.2, 0.25) is 5.91 Å². The second-order valence-corrected chi connectivity index (χ2v) is 6.14. The summed E-state index contributed by atoms with van der Waals surface area (Å²) in [6.07, 6.45) is 0. The number of benzene rings is 2. The number of nitrogens with zero attached hydrogens (tertiary/aromatic N) is 1. The van der Waals surface area contributed by atoms with Gasteiger partial charge in [-0.05, 0) is 6.07 Å². The molecule has 0 bridgehead atoms. The van der Waals surface area contributed by atoms with E-state index in [4.69, 9.17) is 4.74 Å². The SMILES string of the molecule is O=C(Nc1scnc1-c1ccccc1)C1COc2ccccc21. The number of anilines is 1. The molecule has 0 radical (unpaired) electrons. The summed E-state index contributed by atoms with van der Waals surface area (Å²) in [6, 6.07) is 17.5. The van der Waals surface area contributed by atoms with Gasteiger partial charge in [-0.2, -0.15) is 0 Å². The number of para-hydroxylation sites is 1. The fourth-order valence-electron chi connectivity index (χ4n) is 2.72. The lowest BCUT2D eigenvalue weighted by atomic mass is 10.0. The summed E-state index contributed by atoms with van der Waals surface area (Å²) >= 11 is 1.43. The van der Waals surface area contributed by atoms with E-state index in [-0.39, 0.29) is 11.8 Å². The van der Waals surface area contributed by atoms with Crippen LogP contribution in [0.2, 0.25) is 0 Å². The highest BCUT2D eigenvalue weighted by atomic mass is 32.1. The molecular weight excluding hydrogens is 308 g/mol. The van der Waals surface area contributed by atoms with Gasteiger partial charge in [-0.25, -0.2) is 4.98 Å². The van der Waals surface area contributed by atoms with Gasteiger partial charge in [-0.1, -0.05) is 48.5 Å². The molecule has 0 aliphatic carbocycles. The maximum Gasteiger partial charge on any atom is 0.236 e. The first-order valence-electron chi connectivity index (χ1n) is 7.34. The summed E-state index contributed by atoms with van der Waals surface area (Å²) in [5.74, 6) is 0.452. The molecule has 1 atom stereocenters. The lowest BCUT2D eigenvalue weighted by Gasteiger charge is -2.10. The van der Waals surface area contributed by atoms with E-state index in [1.807, 2.05) is 54.6 Å². The Bertz CT molecular complexity index is 845. The Morgan fingerprint density at radius 1 is 1.13 bits per heavy atom. The molecule has 114 valence electrons. The molecule has 23 heavy (non-hydrogen) atoms. The molecule has 4 nitrogen and oxygen atoms in total. The fourth-order valence-corrected chi connectivity index (χ4v) is 3.42. The van der Waals surface area contributed by atoms with Crippen LogP contribution in [0, 0.1) is 0 Å². The van der Waals surface area contributed by atoms with E-state index in [2.05, 4.69) is 10.3 Å². The molecule has 0 spiro atoms. The van der Waals surface area contributed by atoms with Crippen molar-refractivity contribution in [2.24, 2.45) is 0 Å². The van der Waals surface area contributed by atoms with E-state index < -0.39 is 0 Å². The number of aromatic nitrogens is 1. The van der Waals surface area contributed by atoms with Gasteiger partial charge in [-0.15, -0.1) is 11.3 Å².